The Morgan fingerprint density at radius 1 is 1.29 bits per heavy atom. The molecule has 1 aromatic carbocycles. The molecule has 3 heterocycles. The smallest absolute Gasteiger partial charge is 0.260 e. The number of nitrogens with zero attached hydrogens (tertiary/aromatic N) is 2. The second kappa shape index (κ2) is 8.20. The van der Waals surface area contributed by atoms with Gasteiger partial charge >= 0.3 is 0 Å². The Morgan fingerprint density at radius 2 is 2.14 bits per heavy atom. The Kier molecular flexibility index (Phi) is 5.50. The van der Waals surface area contributed by atoms with Crippen LogP contribution >= 0.6 is 23.1 Å². The van der Waals surface area contributed by atoms with Gasteiger partial charge in [-0.3, -0.25) is 14.9 Å². The number of aryl methyl sites for hydroxylation is 1. The molecular formula is C20H19N3O3S2. The van der Waals surface area contributed by atoms with Crippen molar-refractivity contribution in [2.45, 2.75) is 24.7 Å². The van der Waals surface area contributed by atoms with Crippen LogP contribution in [0.2, 0.25) is 0 Å². The van der Waals surface area contributed by atoms with Gasteiger partial charge < -0.3 is 9.32 Å². The molecule has 1 aliphatic rings. The minimum absolute atomic E-state index is 0.0174. The second-order valence-corrected chi connectivity index (χ2v) is 8.38. The lowest BCUT2D eigenvalue weighted by molar-refractivity contribution is -0.118. The molecule has 0 radical (unpaired) electrons. The van der Waals surface area contributed by atoms with Crippen LogP contribution in [0.3, 0.4) is 0 Å². The van der Waals surface area contributed by atoms with Crippen molar-refractivity contribution in [3.63, 3.8) is 0 Å². The number of benzene rings is 1. The van der Waals surface area contributed by atoms with Gasteiger partial charge in [0.2, 0.25) is 5.91 Å². The lowest BCUT2D eigenvalue weighted by Crippen LogP contribution is -2.33. The van der Waals surface area contributed by atoms with E-state index in [0.717, 1.165) is 22.8 Å². The molecule has 8 heteroatoms. The number of nitrogens with one attached hydrogen (secondary N) is 1. The lowest BCUT2D eigenvalue weighted by Gasteiger charge is -2.22. The molecule has 2 amide bonds. The summed E-state index contributed by atoms with van der Waals surface area (Å²) >= 11 is 3.10. The predicted molar refractivity (Wildman–Crippen MR) is 111 cm³/mol. The molecule has 0 bridgehead atoms. The van der Waals surface area contributed by atoms with Gasteiger partial charge in [0.15, 0.2) is 5.13 Å². The third-order valence-electron chi connectivity index (χ3n) is 4.45. The van der Waals surface area contributed by atoms with E-state index < -0.39 is 0 Å². The molecule has 144 valence electrons. The fourth-order valence-electron chi connectivity index (χ4n) is 3.07. The Morgan fingerprint density at radius 3 is 2.96 bits per heavy atom. The number of fused-ring (bicyclic) bond motifs is 1. The summed E-state index contributed by atoms with van der Waals surface area (Å²) in [6, 6.07) is 9.62. The second-order valence-electron chi connectivity index (χ2n) is 6.38. The van der Waals surface area contributed by atoms with Crippen molar-refractivity contribution in [3.8, 4) is 0 Å². The standard InChI is InChI=1S/C20H19N3O3S2/c1-13-15(7-9-26-13)19(25)22-20-21-14(12-28-20)11-18(24)23-8-4-10-27-17-6-3-2-5-16(17)23/h2-3,5-7,9,12H,4,8,10-11H2,1H3,(H,21,22,25). The van der Waals surface area contributed by atoms with Crippen molar-refractivity contribution < 1.29 is 14.0 Å². The zero-order valence-electron chi connectivity index (χ0n) is 15.3. The van der Waals surface area contributed by atoms with Gasteiger partial charge in [0.05, 0.1) is 29.6 Å². The molecule has 6 nitrogen and oxygen atoms in total. The molecule has 0 atom stereocenters. The maximum absolute atomic E-state index is 12.9. The fourth-order valence-corrected chi connectivity index (χ4v) is 4.77. The number of furan rings is 1. The highest BCUT2D eigenvalue weighted by molar-refractivity contribution is 7.99. The van der Waals surface area contributed by atoms with Crippen molar-refractivity contribution >= 4 is 45.7 Å². The third-order valence-corrected chi connectivity index (χ3v) is 6.40. The van der Waals surface area contributed by atoms with Gasteiger partial charge in [-0.15, -0.1) is 23.1 Å². The average molecular weight is 414 g/mol. The number of rotatable bonds is 4. The first-order valence-electron chi connectivity index (χ1n) is 8.94. The van der Waals surface area contributed by atoms with E-state index in [2.05, 4.69) is 16.4 Å². The van der Waals surface area contributed by atoms with E-state index in [1.807, 2.05) is 28.5 Å². The Balaban J connectivity index is 1.45. The molecule has 2 aromatic heterocycles. The summed E-state index contributed by atoms with van der Waals surface area (Å²) < 4.78 is 5.16. The number of aromatic nitrogens is 1. The zero-order chi connectivity index (χ0) is 19.5. The number of anilines is 2. The van der Waals surface area contributed by atoms with Gasteiger partial charge in [-0.1, -0.05) is 12.1 Å². The van der Waals surface area contributed by atoms with Crippen molar-refractivity contribution in [1.29, 1.82) is 0 Å². The van der Waals surface area contributed by atoms with Crippen molar-refractivity contribution in [2.24, 2.45) is 0 Å². The molecule has 1 aliphatic heterocycles. The highest BCUT2D eigenvalue weighted by Crippen LogP contribution is 2.34. The van der Waals surface area contributed by atoms with Crippen LogP contribution in [-0.2, 0) is 11.2 Å². The van der Waals surface area contributed by atoms with Gasteiger partial charge in [-0.25, -0.2) is 4.98 Å². The minimum atomic E-state index is -0.267. The zero-order valence-corrected chi connectivity index (χ0v) is 16.9. The van der Waals surface area contributed by atoms with E-state index in [0.29, 0.717) is 28.7 Å². The number of hydrogen-bond donors (Lipinski definition) is 1. The van der Waals surface area contributed by atoms with Crippen LogP contribution in [0.25, 0.3) is 0 Å². The summed E-state index contributed by atoms with van der Waals surface area (Å²) in [5.74, 6) is 1.31. The molecule has 0 fully saturated rings. The van der Waals surface area contributed by atoms with Crippen LogP contribution in [0.4, 0.5) is 10.8 Å². The monoisotopic (exact) mass is 413 g/mol. The normalized spacial score (nSPS) is 13.7. The van der Waals surface area contributed by atoms with E-state index in [9.17, 15) is 9.59 Å². The quantitative estimate of drug-likeness (QED) is 0.687. The molecular weight excluding hydrogens is 394 g/mol. The molecule has 0 spiro atoms. The van der Waals surface area contributed by atoms with Gasteiger partial charge in [0.1, 0.15) is 5.76 Å². The number of hydrogen-bond acceptors (Lipinski definition) is 6. The Bertz CT molecular complexity index is 1010. The minimum Gasteiger partial charge on any atom is -0.469 e. The van der Waals surface area contributed by atoms with E-state index in [1.54, 1.807) is 24.8 Å². The first-order valence-corrected chi connectivity index (χ1v) is 10.8. The highest BCUT2D eigenvalue weighted by atomic mass is 32.2. The maximum Gasteiger partial charge on any atom is 0.260 e. The molecule has 28 heavy (non-hydrogen) atoms. The van der Waals surface area contributed by atoms with Crippen LogP contribution in [0, 0.1) is 6.92 Å². The van der Waals surface area contributed by atoms with Gasteiger partial charge in [0, 0.05) is 16.8 Å². The molecule has 1 N–H and O–H groups in total. The van der Waals surface area contributed by atoms with Gasteiger partial charge in [-0.05, 0) is 37.3 Å². The van der Waals surface area contributed by atoms with E-state index in [-0.39, 0.29) is 18.2 Å². The Labute approximate surface area is 171 Å². The largest absolute Gasteiger partial charge is 0.469 e. The summed E-state index contributed by atoms with van der Waals surface area (Å²) in [6.07, 6.45) is 2.64. The first-order chi connectivity index (χ1) is 13.6. The summed E-state index contributed by atoms with van der Waals surface area (Å²) in [6.45, 7) is 2.44. The topological polar surface area (TPSA) is 75.4 Å². The van der Waals surface area contributed by atoms with Gasteiger partial charge in [-0.2, -0.15) is 0 Å². The first kappa shape index (κ1) is 18.8. The molecule has 0 aliphatic carbocycles. The van der Waals surface area contributed by atoms with Crippen LogP contribution in [-0.4, -0.2) is 29.1 Å². The molecule has 0 saturated carbocycles. The van der Waals surface area contributed by atoms with Crippen molar-refractivity contribution in [1.82, 2.24) is 4.98 Å². The van der Waals surface area contributed by atoms with E-state index >= 15 is 0 Å². The van der Waals surface area contributed by atoms with Crippen LogP contribution < -0.4 is 10.2 Å². The predicted octanol–water partition coefficient (Wildman–Crippen LogP) is 4.37. The third kappa shape index (κ3) is 3.98. The van der Waals surface area contributed by atoms with Crippen molar-refractivity contribution in [2.75, 3.05) is 22.5 Å². The number of thiazole rings is 1. The van der Waals surface area contributed by atoms with Crippen LogP contribution in [0.1, 0.15) is 28.2 Å². The van der Waals surface area contributed by atoms with E-state index in [1.165, 1.54) is 17.6 Å². The van der Waals surface area contributed by atoms with Crippen molar-refractivity contribution in [3.05, 3.63) is 59.0 Å². The number of amides is 2. The van der Waals surface area contributed by atoms with E-state index in [4.69, 9.17) is 4.42 Å². The summed E-state index contributed by atoms with van der Waals surface area (Å²) in [4.78, 5) is 32.6. The molecule has 0 saturated heterocycles. The maximum atomic E-state index is 12.9. The van der Waals surface area contributed by atoms with Crippen LogP contribution in [0.5, 0.6) is 0 Å². The summed E-state index contributed by atoms with van der Waals surface area (Å²) in [7, 11) is 0. The SMILES string of the molecule is Cc1occc1C(=O)Nc1nc(CC(=O)N2CCCSc3ccccc32)cs1. The number of thioether (sulfide) groups is 1. The Hall–Kier alpha value is -2.58. The summed E-state index contributed by atoms with van der Waals surface area (Å²) in [5.41, 5.74) is 2.10. The highest BCUT2D eigenvalue weighted by Gasteiger charge is 2.22. The lowest BCUT2D eigenvalue weighted by atomic mass is 10.2. The number of carbonyl (C=O) groups excluding carboxylic acids is 2. The van der Waals surface area contributed by atoms with Gasteiger partial charge in [0.25, 0.3) is 5.91 Å². The molecule has 4 rings (SSSR count). The fraction of sp³-hybridized carbons (Fsp3) is 0.250. The molecule has 3 aromatic rings. The average Bonchev–Trinajstić information content (AvgIpc) is 3.24. The van der Waals surface area contributed by atoms with Crippen LogP contribution in [0.15, 0.2) is 51.3 Å². The molecule has 0 unspecified atom stereocenters. The summed E-state index contributed by atoms with van der Waals surface area (Å²) in [5, 5.41) is 5.05. The number of carbonyl (C=O) groups is 2. The number of para-hydroxylation sites is 1.